The average molecular weight is 341 g/mol. The van der Waals surface area contributed by atoms with E-state index < -0.39 is 0 Å². The number of nitrogens with zero attached hydrogens (tertiary/aromatic N) is 3. The van der Waals surface area contributed by atoms with Crippen molar-refractivity contribution >= 4 is 11.7 Å². The van der Waals surface area contributed by atoms with Crippen LogP contribution in [-0.4, -0.2) is 33.8 Å². The summed E-state index contributed by atoms with van der Waals surface area (Å²) in [6.45, 7) is 5.96. The van der Waals surface area contributed by atoms with Gasteiger partial charge in [-0.1, -0.05) is 26.0 Å². The summed E-state index contributed by atoms with van der Waals surface area (Å²) in [6.07, 6.45) is 3.95. The predicted octanol–water partition coefficient (Wildman–Crippen LogP) is 3.15. The molecule has 2 heterocycles. The number of rotatable bonds is 3. The lowest BCUT2D eigenvalue weighted by Gasteiger charge is -2.27. The Morgan fingerprint density at radius 3 is 2.32 bits per heavy atom. The molecule has 1 aliphatic rings. The van der Waals surface area contributed by atoms with Gasteiger partial charge in [-0.05, 0) is 49.1 Å². The minimum absolute atomic E-state index is 0.203. The van der Waals surface area contributed by atoms with E-state index in [4.69, 9.17) is 10.8 Å². The summed E-state index contributed by atoms with van der Waals surface area (Å²) >= 11 is 0. The summed E-state index contributed by atoms with van der Waals surface area (Å²) in [6, 6.07) is 10.3. The molecule has 0 unspecified atom stereocenters. The van der Waals surface area contributed by atoms with Crippen molar-refractivity contribution in [3.8, 4) is 5.75 Å². The van der Waals surface area contributed by atoms with E-state index in [1.807, 2.05) is 19.9 Å². The Hall–Kier alpha value is -2.63. The normalized spacial score (nSPS) is 13.8. The van der Waals surface area contributed by atoms with E-state index in [0.29, 0.717) is 6.42 Å². The summed E-state index contributed by atoms with van der Waals surface area (Å²) in [5, 5.41) is 30.1. The van der Waals surface area contributed by atoms with Crippen LogP contribution in [0.2, 0.25) is 0 Å². The van der Waals surface area contributed by atoms with Gasteiger partial charge in [0.2, 0.25) is 0 Å². The predicted molar refractivity (Wildman–Crippen MR) is 100 cm³/mol. The molecule has 0 aliphatic carbocycles. The standard InChI is InChI=1S/C17H21N5O.C2H6/c18-15-8-9-17(21-10-2-1-3-11-21)20-22(15)16(19)12-13-4-6-14(23)7-5-13;1-2/h4-9,18-19,23H,1-3,10-12H2;1-2H3. The van der Waals surface area contributed by atoms with Crippen molar-refractivity contribution in [2.24, 2.45) is 0 Å². The van der Waals surface area contributed by atoms with Gasteiger partial charge in [-0.25, -0.2) is 0 Å². The maximum Gasteiger partial charge on any atom is 0.149 e. The number of hydrogen-bond donors (Lipinski definition) is 3. The van der Waals surface area contributed by atoms with Crippen LogP contribution in [0.3, 0.4) is 0 Å². The van der Waals surface area contributed by atoms with Crippen LogP contribution in [-0.2, 0) is 6.42 Å². The van der Waals surface area contributed by atoms with E-state index in [1.54, 1.807) is 30.3 Å². The fourth-order valence-electron chi connectivity index (χ4n) is 2.79. The highest BCUT2D eigenvalue weighted by Crippen LogP contribution is 2.16. The average Bonchev–Trinajstić information content (AvgIpc) is 2.66. The van der Waals surface area contributed by atoms with Crippen molar-refractivity contribution in [2.75, 3.05) is 18.0 Å². The summed E-state index contributed by atoms with van der Waals surface area (Å²) in [5.74, 6) is 1.29. The Labute approximate surface area is 148 Å². The topological polar surface area (TPSA) is 89.0 Å². The molecular weight excluding hydrogens is 314 g/mol. The first kappa shape index (κ1) is 18.7. The van der Waals surface area contributed by atoms with Gasteiger partial charge in [0.1, 0.15) is 22.9 Å². The molecular formula is C19H27N5O. The third-order valence-electron chi connectivity index (χ3n) is 4.06. The summed E-state index contributed by atoms with van der Waals surface area (Å²) in [7, 11) is 0. The largest absolute Gasteiger partial charge is 0.508 e. The fourth-order valence-corrected chi connectivity index (χ4v) is 2.79. The summed E-state index contributed by atoms with van der Waals surface area (Å²) in [5.41, 5.74) is 1.11. The number of nitrogens with one attached hydrogen (secondary N) is 2. The molecule has 1 fully saturated rings. The first-order chi connectivity index (χ1) is 12.1. The molecule has 134 valence electrons. The van der Waals surface area contributed by atoms with Gasteiger partial charge in [-0.3, -0.25) is 10.8 Å². The highest BCUT2D eigenvalue weighted by Gasteiger charge is 2.14. The minimum atomic E-state index is 0.203. The van der Waals surface area contributed by atoms with E-state index in [9.17, 15) is 5.11 Å². The molecule has 6 heteroatoms. The Morgan fingerprint density at radius 1 is 1.04 bits per heavy atom. The van der Waals surface area contributed by atoms with E-state index in [0.717, 1.165) is 37.3 Å². The zero-order chi connectivity index (χ0) is 18.2. The molecule has 3 N–H and O–H groups in total. The second kappa shape index (κ2) is 9.01. The Bertz CT molecular complexity index is 745. The molecule has 0 saturated carbocycles. The molecule has 0 atom stereocenters. The van der Waals surface area contributed by atoms with Gasteiger partial charge in [0, 0.05) is 19.5 Å². The van der Waals surface area contributed by atoms with Crippen LogP contribution in [0, 0.1) is 10.8 Å². The second-order valence-corrected chi connectivity index (χ2v) is 5.83. The first-order valence-corrected chi connectivity index (χ1v) is 8.89. The number of phenolic OH excluding ortho intramolecular Hbond substituents is 1. The van der Waals surface area contributed by atoms with Crippen LogP contribution in [0.25, 0.3) is 0 Å². The third-order valence-corrected chi connectivity index (χ3v) is 4.06. The number of anilines is 1. The molecule has 1 aromatic heterocycles. The third kappa shape index (κ3) is 4.92. The van der Waals surface area contributed by atoms with Gasteiger partial charge < -0.3 is 10.0 Å². The zero-order valence-electron chi connectivity index (χ0n) is 15.0. The molecule has 0 radical (unpaired) electrons. The minimum Gasteiger partial charge on any atom is -0.508 e. The number of aromatic hydroxyl groups is 1. The van der Waals surface area contributed by atoms with Crippen molar-refractivity contribution in [3.05, 3.63) is 47.4 Å². The lowest BCUT2D eigenvalue weighted by Crippen LogP contribution is -2.35. The molecule has 0 amide bonds. The molecule has 25 heavy (non-hydrogen) atoms. The van der Waals surface area contributed by atoms with Crippen molar-refractivity contribution in [3.63, 3.8) is 0 Å². The number of hydrogen-bond acceptors (Lipinski definition) is 5. The lowest BCUT2D eigenvalue weighted by molar-refractivity contribution is 0.475. The maximum atomic E-state index is 9.33. The first-order valence-electron chi connectivity index (χ1n) is 8.89. The molecule has 0 spiro atoms. The maximum absolute atomic E-state index is 9.33. The van der Waals surface area contributed by atoms with Crippen LogP contribution < -0.4 is 10.4 Å². The van der Waals surface area contributed by atoms with E-state index >= 15 is 0 Å². The van der Waals surface area contributed by atoms with Gasteiger partial charge in [-0.2, -0.15) is 4.68 Å². The number of piperidine rings is 1. The molecule has 3 rings (SSSR count). The monoisotopic (exact) mass is 341 g/mol. The quantitative estimate of drug-likeness (QED) is 0.592. The van der Waals surface area contributed by atoms with Crippen LogP contribution in [0.4, 0.5) is 5.82 Å². The van der Waals surface area contributed by atoms with Crippen molar-refractivity contribution in [2.45, 2.75) is 39.5 Å². The number of phenols is 1. The summed E-state index contributed by atoms with van der Waals surface area (Å²) < 4.78 is 1.39. The smallest absolute Gasteiger partial charge is 0.149 e. The van der Waals surface area contributed by atoms with Crippen molar-refractivity contribution in [1.82, 2.24) is 9.78 Å². The van der Waals surface area contributed by atoms with Crippen LogP contribution in [0.15, 0.2) is 36.4 Å². The Kier molecular flexibility index (Phi) is 6.74. The number of benzene rings is 1. The molecule has 1 aliphatic heterocycles. The SMILES string of the molecule is CC.N=C(Cc1ccc(O)cc1)n1nc(N2CCCCC2)ccc1=N. The highest BCUT2D eigenvalue weighted by molar-refractivity contribution is 5.82. The van der Waals surface area contributed by atoms with Gasteiger partial charge in [0.15, 0.2) is 0 Å². The zero-order valence-corrected chi connectivity index (χ0v) is 15.0. The van der Waals surface area contributed by atoms with E-state index in [2.05, 4.69) is 10.00 Å². The summed E-state index contributed by atoms with van der Waals surface area (Å²) in [4.78, 5) is 2.22. The fraction of sp³-hybridized carbons (Fsp3) is 0.421. The van der Waals surface area contributed by atoms with Gasteiger partial charge in [-0.15, -0.1) is 5.10 Å². The van der Waals surface area contributed by atoms with Crippen molar-refractivity contribution < 1.29 is 5.11 Å². The van der Waals surface area contributed by atoms with Crippen molar-refractivity contribution in [1.29, 1.82) is 10.8 Å². The highest BCUT2D eigenvalue weighted by atomic mass is 16.3. The van der Waals surface area contributed by atoms with Gasteiger partial charge >= 0.3 is 0 Å². The van der Waals surface area contributed by atoms with E-state index in [1.165, 1.54) is 11.1 Å². The molecule has 1 saturated heterocycles. The second-order valence-electron chi connectivity index (χ2n) is 5.83. The molecule has 2 aromatic rings. The van der Waals surface area contributed by atoms with Crippen LogP contribution in [0.1, 0.15) is 38.7 Å². The van der Waals surface area contributed by atoms with Crippen LogP contribution >= 0.6 is 0 Å². The van der Waals surface area contributed by atoms with Crippen LogP contribution in [0.5, 0.6) is 5.75 Å². The number of aromatic nitrogens is 2. The Morgan fingerprint density at radius 2 is 1.68 bits per heavy atom. The molecule has 1 aromatic carbocycles. The van der Waals surface area contributed by atoms with Gasteiger partial charge in [0.25, 0.3) is 0 Å². The van der Waals surface area contributed by atoms with Gasteiger partial charge in [0.05, 0.1) is 0 Å². The van der Waals surface area contributed by atoms with E-state index in [-0.39, 0.29) is 17.1 Å². The Balaban J connectivity index is 0.00000109. The molecule has 0 bridgehead atoms. The molecule has 6 nitrogen and oxygen atoms in total. The lowest BCUT2D eigenvalue weighted by atomic mass is 10.1.